The fourth-order valence-corrected chi connectivity index (χ4v) is 2.42. The maximum atomic E-state index is 12.5. The number of rotatable bonds is 5. The number of hydrogen-bond donors (Lipinski definition) is 1. The third kappa shape index (κ3) is 3.73. The zero-order chi connectivity index (χ0) is 15.5. The number of nitrogens with one attached hydrogen (secondary N) is 1. The highest BCUT2D eigenvalue weighted by molar-refractivity contribution is 6.34. The highest BCUT2D eigenvalue weighted by Crippen LogP contribution is 2.32. The van der Waals surface area contributed by atoms with Crippen molar-refractivity contribution in [2.75, 3.05) is 0 Å². The first-order chi connectivity index (χ1) is 10.6. The largest absolute Gasteiger partial charge is 0.474 e. The predicted molar refractivity (Wildman–Crippen MR) is 87.4 cm³/mol. The summed E-state index contributed by atoms with van der Waals surface area (Å²) in [6.45, 7) is 0. The van der Waals surface area contributed by atoms with Crippen LogP contribution in [0.25, 0.3) is 0 Å². The van der Waals surface area contributed by atoms with E-state index < -0.39 is 6.10 Å². The predicted octanol–water partition coefficient (Wildman–Crippen LogP) is 4.39. The zero-order valence-corrected chi connectivity index (χ0v) is 13.3. The molecule has 0 bridgehead atoms. The minimum absolute atomic E-state index is 0.162. The van der Waals surface area contributed by atoms with Crippen LogP contribution in [0.2, 0.25) is 10.0 Å². The molecule has 3 nitrogen and oxygen atoms in total. The maximum Gasteiger partial charge on any atom is 0.266 e. The van der Waals surface area contributed by atoms with Gasteiger partial charge in [0.2, 0.25) is 6.10 Å². The van der Waals surface area contributed by atoms with Gasteiger partial charge in [0.1, 0.15) is 5.75 Å². The van der Waals surface area contributed by atoms with Crippen LogP contribution in [0.5, 0.6) is 5.75 Å². The average Bonchev–Trinajstić information content (AvgIpc) is 3.33. The molecule has 5 heteroatoms. The summed E-state index contributed by atoms with van der Waals surface area (Å²) in [4.78, 5) is 12.5. The molecule has 1 saturated carbocycles. The Morgan fingerprint density at radius 3 is 2.55 bits per heavy atom. The van der Waals surface area contributed by atoms with Crippen molar-refractivity contribution in [3.8, 4) is 5.75 Å². The maximum absolute atomic E-state index is 12.5. The van der Waals surface area contributed by atoms with Crippen LogP contribution < -0.4 is 10.1 Å². The van der Waals surface area contributed by atoms with Crippen molar-refractivity contribution in [3.63, 3.8) is 0 Å². The number of ether oxygens (including phenoxy) is 1. The summed E-state index contributed by atoms with van der Waals surface area (Å²) in [5, 5.41) is 3.90. The number of amides is 1. The molecule has 1 amide bonds. The lowest BCUT2D eigenvalue weighted by molar-refractivity contribution is -0.128. The second kappa shape index (κ2) is 6.59. The quantitative estimate of drug-likeness (QED) is 0.879. The first-order valence-corrected chi connectivity index (χ1v) is 7.86. The van der Waals surface area contributed by atoms with Gasteiger partial charge in [-0.3, -0.25) is 4.79 Å². The lowest BCUT2D eigenvalue weighted by Crippen LogP contribution is -2.33. The Morgan fingerprint density at radius 1 is 1.14 bits per heavy atom. The van der Waals surface area contributed by atoms with Crippen LogP contribution in [0.1, 0.15) is 24.5 Å². The summed E-state index contributed by atoms with van der Waals surface area (Å²) in [7, 11) is 0. The van der Waals surface area contributed by atoms with Gasteiger partial charge in [0, 0.05) is 22.7 Å². The van der Waals surface area contributed by atoms with Crippen molar-refractivity contribution in [2.24, 2.45) is 0 Å². The fourth-order valence-electron chi connectivity index (χ4n) is 2.10. The van der Waals surface area contributed by atoms with E-state index in [2.05, 4.69) is 5.32 Å². The fraction of sp³-hybridized carbons (Fsp3) is 0.235. The van der Waals surface area contributed by atoms with Crippen LogP contribution >= 0.6 is 23.2 Å². The SMILES string of the molecule is O=C(NC1CC1)[C@H](Oc1cc(Cl)ccc1Cl)c1ccccc1. The highest BCUT2D eigenvalue weighted by atomic mass is 35.5. The van der Waals surface area contributed by atoms with Crippen molar-refractivity contribution in [1.29, 1.82) is 0 Å². The highest BCUT2D eigenvalue weighted by Gasteiger charge is 2.30. The van der Waals surface area contributed by atoms with Crippen LogP contribution in [-0.4, -0.2) is 11.9 Å². The van der Waals surface area contributed by atoms with Crippen molar-refractivity contribution < 1.29 is 9.53 Å². The summed E-state index contributed by atoms with van der Waals surface area (Å²) in [5.41, 5.74) is 0.775. The van der Waals surface area contributed by atoms with E-state index in [9.17, 15) is 4.79 Å². The summed E-state index contributed by atoms with van der Waals surface area (Å²) in [6.07, 6.45) is 1.29. The Balaban J connectivity index is 1.87. The molecule has 114 valence electrons. The van der Waals surface area contributed by atoms with Gasteiger partial charge in [-0.1, -0.05) is 53.5 Å². The Bertz CT molecular complexity index is 672. The van der Waals surface area contributed by atoms with Crippen molar-refractivity contribution >= 4 is 29.1 Å². The van der Waals surface area contributed by atoms with E-state index in [0.29, 0.717) is 15.8 Å². The smallest absolute Gasteiger partial charge is 0.266 e. The number of carbonyl (C=O) groups excluding carboxylic acids is 1. The second-order valence-corrected chi connectivity index (χ2v) is 6.11. The van der Waals surface area contributed by atoms with Gasteiger partial charge in [-0.2, -0.15) is 0 Å². The van der Waals surface area contributed by atoms with Crippen LogP contribution in [-0.2, 0) is 4.79 Å². The Kier molecular flexibility index (Phi) is 4.55. The summed E-state index contributed by atoms with van der Waals surface area (Å²) in [5.74, 6) is 0.235. The number of halogens is 2. The molecule has 0 aromatic heterocycles. The van der Waals surface area contributed by atoms with Gasteiger partial charge in [0.15, 0.2) is 0 Å². The molecule has 22 heavy (non-hydrogen) atoms. The molecule has 2 aromatic rings. The van der Waals surface area contributed by atoms with E-state index >= 15 is 0 Å². The molecule has 1 aliphatic carbocycles. The van der Waals surface area contributed by atoms with Crippen molar-refractivity contribution in [1.82, 2.24) is 5.32 Å². The van der Waals surface area contributed by atoms with Crippen LogP contribution in [0.3, 0.4) is 0 Å². The molecule has 0 heterocycles. The first-order valence-electron chi connectivity index (χ1n) is 7.10. The van der Waals surface area contributed by atoms with Crippen LogP contribution in [0, 0.1) is 0 Å². The van der Waals surface area contributed by atoms with E-state index in [0.717, 1.165) is 18.4 Å². The molecule has 0 aliphatic heterocycles. The van der Waals surface area contributed by atoms with Gasteiger partial charge in [0.25, 0.3) is 5.91 Å². The molecule has 2 aromatic carbocycles. The Hall–Kier alpha value is -1.71. The summed E-state index contributed by atoms with van der Waals surface area (Å²) < 4.78 is 5.87. The van der Waals surface area contributed by atoms with Gasteiger partial charge in [0.05, 0.1) is 5.02 Å². The lowest BCUT2D eigenvalue weighted by Gasteiger charge is -2.20. The Morgan fingerprint density at radius 2 is 1.86 bits per heavy atom. The molecule has 1 atom stereocenters. The minimum atomic E-state index is -0.752. The molecular weight excluding hydrogens is 321 g/mol. The third-order valence-corrected chi connectivity index (χ3v) is 3.95. The molecule has 1 fully saturated rings. The zero-order valence-electron chi connectivity index (χ0n) is 11.8. The minimum Gasteiger partial charge on any atom is -0.474 e. The molecule has 0 unspecified atom stereocenters. The van der Waals surface area contributed by atoms with E-state index in [1.165, 1.54) is 0 Å². The first kappa shape index (κ1) is 15.2. The molecule has 1 N–H and O–H groups in total. The van der Waals surface area contributed by atoms with Gasteiger partial charge >= 0.3 is 0 Å². The molecule has 0 radical (unpaired) electrons. The van der Waals surface area contributed by atoms with Gasteiger partial charge in [-0.25, -0.2) is 0 Å². The average molecular weight is 336 g/mol. The molecule has 3 rings (SSSR count). The molecule has 0 saturated heterocycles. The van der Waals surface area contributed by atoms with E-state index in [1.807, 2.05) is 30.3 Å². The number of benzene rings is 2. The van der Waals surface area contributed by atoms with Crippen molar-refractivity contribution in [3.05, 3.63) is 64.1 Å². The second-order valence-electron chi connectivity index (χ2n) is 5.27. The topological polar surface area (TPSA) is 38.3 Å². The van der Waals surface area contributed by atoms with Gasteiger partial charge in [-0.05, 0) is 25.0 Å². The summed E-state index contributed by atoms with van der Waals surface area (Å²) in [6, 6.07) is 14.6. The monoisotopic (exact) mass is 335 g/mol. The van der Waals surface area contributed by atoms with Crippen LogP contribution in [0.4, 0.5) is 0 Å². The summed E-state index contributed by atoms with van der Waals surface area (Å²) >= 11 is 12.1. The Labute approximate surface area is 139 Å². The standard InChI is InChI=1S/C17H15Cl2NO2/c18-12-6-9-14(19)15(10-12)22-16(11-4-2-1-3-5-11)17(21)20-13-7-8-13/h1-6,9-10,13,16H,7-8H2,(H,20,21)/t16-/m1/s1. The van der Waals surface area contributed by atoms with E-state index in [4.69, 9.17) is 27.9 Å². The van der Waals surface area contributed by atoms with Gasteiger partial charge < -0.3 is 10.1 Å². The van der Waals surface area contributed by atoms with Crippen molar-refractivity contribution in [2.45, 2.75) is 25.0 Å². The van der Waals surface area contributed by atoms with Gasteiger partial charge in [-0.15, -0.1) is 0 Å². The molecular formula is C17H15Cl2NO2. The molecule has 0 spiro atoms. The normalized spacial score (nSPS) is 15.2. The third-order valence-electron chi connectivity index (χ3n) is 3.40. The van der Waals surface area contributed by atoms with E-state index in [-0.39, 0.29) is 11.9 Å². The number of hydrogen-bond acceptors (Lipinski definition) is 2. The number of carbonyl (C=O) groups is 1. The van der Waals surface area contributed by atoms with Crippen LogP contribution in [0.15, 0.2) is 48.5 Å². The molecule has 1 aliphatic rings. The lowest BCUT2D eigenvalue weighted by atomic mass is 10.1. The van der Waals surface area contributed by atoms with E-state index in [1.54, 1.807) is 18.2 Å².